The fourth-order valence-electron chi connectivity index (χ4n) is 1.87. The number of aliphatic carboxylic acids is 1. The van der Waals surface area contributed by atoms with Gasteiger partial charge in [-0.25, -0.2) is 0 Å². The molecule has 2 heteroatoms. The maximum atomic E-state index is 10.6. The van der Waals surface area contributed by atoms with Gasteiger partial charge in [0.15, 0.2) is 0 Å². The van der Waals surface area contributed by atoms with Crippen molar-refractivity contribution in [3.05, 3.63) is 12.2 Å². The van der Waals surface area contributed by atoms with E-state index < -0.39 is 5.97 Å². The lowest BCUT2D eigenvalue weighted by Gasteiger charge is -2.29. The molecule has 1 unspecified atom stereocenters. The van der Waals surface area contributed by atoms with Gasteiger partial charge in [0, 0.05) is 5.41 Å². The van der Waals surface area contributed by atoms with E-state index in [0.717, 1.165) is 12.8 Å². The lowest BCUT2D eigenvalue weighted by molar-refractivity contribution is -0.139. The Morgan fingerprint density at radius 1 is 1.67 bits per heavy atom. The van der Waals surface area contributed by atoms with Gasteiger partial charge in [0.2, 0.25) is 0 Å². The molecule has 0 aromatic heterocycles. The summed E-state index contributed by atoms with van der Waals surface area (Å²) < 4.78 is 0. The molecule has 2 nitrogen and oxygen atoms in total. The second-order valence-corrected chi connectivity index (χ2v) is 3.90. The van der Waals surface area contributed by atoms with Crippen LogP contribution >= 0.6 is 0 Å². The van der Waals surface area contributed by atoms with Crippen LogP contribution in [0.5, 0.6) is 0 Å². The van der Waals surface area contributed by atoms with Gasteiger partial charge in [-0.15, -0.1) is 0 Å². The lowest BCUT2D eigenvalue weighted by atomic mass is 9.74. The first kappa shape index (κ1) is 9.30. The SMILES string of the molecule is CC(C)C1(CC(=O)O)C=CCC1. The normalized spacial score (nSPS) is 28.2. The monoisotopic (exact) mass is 168 g/mol. The highest BCUT2D eigenvalue weighted by Crippen LogP contribution is 2.42. The molecule has 0 radical (unpaired) electrons. The zero-order chi connectivity index (χ0) is 9.19. The summed E-state index contributed by atoms with van der Waals surface area (Å²) in [6.45, 7) is 4.19. The van der Waals surface area contributed by atoms with Gasteiger partial charge in [-0.05, 0) is 18.8 Å². The van der Waals surface area contributed by atoms with Crippen molar-refractivity contribution in [3.63, 3.8) is 0 Å². The Labute approximate surface area is 73.3 Å². The van der Waals surface area contributed by atoms with Crippen molar-refractivity contribution in [1.82, 2.24) is 0 Å². The summed E-state index contributed by atoms with van der Waals surface area (Å²) in [6, 6.07) is 0. The minimum atomic E-state index is -0.685. The molecule has 0 aromatic rings. The molecular weight excluding hydrogens is 152 g/mol. The Bertz CT molecular complexity index is 206. The van der Waals surface area contributed by atoms with Gasteiger partial charge in [0.05, 0.1) is 6.42 Å². The Morgan fingerprint density at radius 3 is 2.67 bits per heavy atom. The van der Waals surface area contributed by atoms with Gasteiger partial charge in [0.1, 0.15) is 0 Å². The van der Waals surface area contributed by atoms with E-state index in [1.165, 1.54) is 0 Å². The van der Waals surface area contributed by atoms with Crippen molar-refractivity contribution in [1.29, 1.82) is 0 Å². The van der Waals surface area contributed by atoms with Crippen LogP contribution in [0.15, 0.2) is 12.2 Å². The quantitative estimate of drug-likeness (QED) is 0.657. The average Bonchev–Trinajstić information content (AvgIpc) is 2.35. The summed E-state index contributed by atoms with van der Waals surface area (Å²) in [5, 5.41) is 8.75. The Morgan fingerprint density at radius 2 is 2.33 bits per heavy atom. The van der Waals surface area contributed by atoms with E-state index in [1.807, 2.05) is 0 Å². The molecule has 0 spiro atoms. The topological polar surface area (TPSA) is 37.3 Å². The van der Waals surface area contributed by atoms with Gasteiger partial charge in [-0.2, -0.15) is 0 Å². The molecule has 0 heterocycles. The largest absolute Gasteiger partial charge is 0.481 e. The number of allylic oxidation sites excluding steroid dienone is 2. The van der Waals surface area contributed by atoms with Crippen LogP contribution in [0.2, 0.25) is 0 Å². The first-order valence-corrected chi connectivity index (χ1v) is 4.46. The minimum Gasteiger partial charge on any atom is -0.481 e. The molecule has 12 heavy (non-hydrogen) atoms. The molecule has 1 N–H and O–H groups in total. The molecular formula is C10H16O2. The zero-order valence-corrected chi connectivity index (χ0v) is 7.71. The predicted octanol–water partition coefficient (Wildman–Crippen LogP) is 2.45. The van der Waals surface area contributed by atoms with Crippen LogP contribution < -0.4 is 0 Å². The molecule has 0 aliphatic heterocycles. The molecule has 1 aliphatic rings. The van der Waals surface area contributed by atoms with Crippen molar-refractivity contribution in [2.24, 2.45) is 11.3 Å². The molecule has 68 valence electrons. The summed E-state index contributed by atoms with van der Waals surface area (Å²) in [5.74, 6) is -0.261. The first-order chi connectivity index (χ1) is 5.57. The Hall–Kier alpha value is -0.790. The lowest BCUT2D eigenvalue weighted by Crippen LogP contribution is -2.25. The molecule has 1 rings (SSSR count). The highest BCUT2D eigenvalue weighted by Gasteiger charge is 2.35. The van der Waals surface area contributed by atoms with E-state index in [0.29, 0.717) is 5.92 Å². The summed E-state index contributed by atoms with van der Waals surface area (Å²) in [5.41, 5.74) is -0.0637. The van der Waals surface area contributed by atoms with Crippen LogP contribution in [0.25, 0.3) is 0 Å². The fraction of sp³-hybridized carbons (Fsp3) is 0.700. The third-order valence-electron chi connectivity index (χ3n) is 2.86. The molecule has 1 atom stereocenters. The minimum absolute atomic E-state index is 0.0637. The van der Waals surface area contributed by atoms with Crippen molar-refractivity contribution in [2.75, 3.05) is 0 Å². The van der Waals surface area contributed by atoms with Crippen LogP contribution in [-0.2, 0) is 4.79 Å². The molecule has 0 saturated carbocycles. The van der Waals surface area contributed by atoms with Crippen LogP contribution in [0.4, 0.5) is 0 Å². The highest BCUT2D eigenvalue weighted by atomic mass is 16.4. The average molecular weight is 168 g/mol. The number of rotatable bonds is 3. The van der Waals surface area contributed by atoms with E-state index in [2.05, 4.69) is 26.0 Å². The molecule has 1 aliphatic carbocycles. The predicted molar refractivity (Wildman–Crippen MR) is 47.9 cm³/mol. The maximum Gasteiger partial charge on any atom is 0.304 e. The zero-order valence-electron chi connectivity index (χ0n) is 7.71. The summed E-state index contributed by atoms with van der Waals surface area (Å²) >= 11 is 0. The van der Waals surface area contributed by atoms with E-state index in [9.17, 15) is 4.79 Å². The van der Waals surface area contributed by atoms with Crippen LogP contribution in [0.1, 0.15) is 33.1 Å². The third kappa shape index (κ3) is 1.68. The van der Waals surface area contributed by atoms with Crippen molar-refractivity contribution >= 4 is 5.97 Å². The molecule has 0 aromatic carbocycles. The van der Waals surface area contributed by atoms with Gasteiger partial charge in [-0.3, -0.25) is 4.79 Å². The van der Waals surface area contributed by atoms with E-state index in [1.54, 1.807) is 0 Å². The van der Waals surface area contributed by atoms with Gasteiger partial charge in [-0.1, -0.05) is 26.0 Å². The summed E-state index contributed by atoms with van der Waals surface area (Å²) in [6.07, 6.45) is 6.50. The van der Waals surface area contributed by atoms with E-state index in [-0.39, 0.29) is 11.8 Å². The van der Waals surface area contributed by atoms with Crippen LogP contribution in [0, 0.1) is 11.3 Å². The molecule has 0 fully saturated rings. The number of carbonyl (C=O) groups is 1. The summed E-state index contributed by atoms with van der Waals surface area (Å²) in [7, 11) is 0. The molecule has 0 amide bonds. The third-order valence-corrected chi connectivity index (χ3v) is 2.86. The molecule has 0 bridgehead atoms. The van der Waals surface area contributed by atoms with Crippen molar-refractivity contribution in [3.8, 4) is 0 Å². The Kier molecular flexibility index (Phi) is 2.55. The van der Waals surface area contributed by atoms with Gasteiger partial charge in [0.25, 0.3) is 0 Å². The summed E-state index contributed by atoms with van der Waals surface area (Å²) in [4.78, 5) is 10.6. The number of carboxylic acid groups (broad SMARTS) is 1. The van der Waals surface area contributed by atoms with Crippen molar-refractivity contribution in [2.45, 2.75) is 33.1 Å². The first-order valence-electron chi connectivity index (χ1n) is 4.46. The molecule has 0 saturated heterocycles. The number of hydrogen-bond donors (Lipinski definition) is 1. The van der Waals surface area contributed by atoms with Crippen molar-refractivity contribution < 1.29 is 9.90 Å². The van der Waals surface area contributed by atoms with Crippen LogP contribution in [0.3, 0.4) is 0 Å². The number of carboxylic acids is 1. The van der Waals surface area contributed by atoms with Crippen LogP contribution in [-0.4, -0.2) is 11.1 Å². The van der Waals surface area contributed by atoms with Gasteiger partial charge >= 0.3 is 5.97 Å². The smallest absolute Gasteiger partial charge is 0.304 e. The Balaban J connectivity index is 2.73. The standard InChI is InChI=1S/C10H16O2/c1-8(2)10(7-9(11)12)5-3-4-6-10/h3,5,8H,4,6-7H2,1-2H3,(H,11,12). The fourth-order valence-corrected chi connectivity index (χ4v) is 1.87. The highest BCUT2D eigenvalue weighted by molar-refractivity contribution is 5.68. The second-order valence-electron chi connectivity index (χ2n) is 3.90. The van der Waals surface area contributed by atoms with Gasteiger partial charge < -0.3 is 5.11 Å². The van der Waals surface area contributed by atoms with E-state index >= 15 is 0 Å². The van der Waals surface area contributed by atoms with E-state index in [4.69, 9.17) is 5.11 Å². The maximum absolute atomic E-state index is 10.6. The number of hydrogen-bond acceptors (Lipinski definition) is 1. The second kappa shape index (κ2) is 3.30.